The van der Waals surface area contributed by atoms with E-state index >= 15 is 0 Å². The molecule has 2 aliphatic heterocycles. The van der Waals surface area contributed by atoms with Crippen LogP contribution in [0.3, 0.4) is 0 Å². The molecule has 32 heavy (non-hydrogen) atoms. The van der Waals surface area contributed by atoms with E-state index in [-0.39, 0.29) is 24.4 Å². The first-order chi connectivity index (χ1) is 15.3. The summed E-state index contributed by atoms with van der Waals surface area (Å²) in [6.07, 6.45) is 1.84. The van der Waals surface area contributed by atoms with Crippen LogP contribution in [-0.2, 0) is 16.1 Å². The predicted octanol–water partition coefficient (Wildman–Crippen LogP) is 3.75. The first kappa shape index (κ1) is 22.2. The Bertz CT molecular complexity index is 1090. The van der Waals surface area contributed by atoms with Crippen LogP contribution in [0, 0.1) is 19.7 Å². The molecule has 6 heteroatoms. The van der Waals surface area contributed by atoms with Gasteiger partial charge in [0.25, 0.3) is 11.8 Å². The number of piperidine rings is 1. The fourth-order valence-electron chi connectivity index (χ4n) is 4.55. The summed E-state index contributed by atoms with van der Waals surface area (Å²) in [5.74, 6) is -1.14. The van der Waals surface area contributed by atoms with E-state index in [0.29, 0.717) is 16.8 Å². The normalized spacial score (nSPS) is 18.1. The van der Waals surface area contributed by atoms with Crippen LogP contribution in [0.15, 0.2) is 48.2 Å². The van der Waals surface area contributed by atoms with Crippen LogP contribution < -0.4 is 0 Å². The lowest BCUT2D eigenvalue weighted by Crippen LogP contribution is -2.43. The summed E-state index contributed by atoms with van der Waals surface area (Å²) in [5.41, 5.74) is 4.08. The highest BCUT2D eigenvalue weighted by Crippen LogP contribution is 2.35. The van der Waals surface area contributed by atoms with E-state index in [9.17, 15) is 14.0 Å². The van der Waals surface area contributed by atoms with Gasteiger partial charge in [0.1, 0.15) is 11.5 Å². The first-order valence-corrected chi connectivity index (χ1v) is 11.1. The van der Waals surface area contributed by atoms with Gasteiger partial charge in [-0.15, -0.1) is 0 Å². The summed E-state index contributed by atoms with van der Waals surface area (Å²) in [5, 5.41) is 0. The Morgan fingerprint density at radius 3 is 2.34 bits per heavy atom. The third-order valence-corrected chi connectivity index (χ3v) is 6.81. The fraction of sp³-hybridized carbons (Fsp3) is 0.385. The molecular weight excluding hydrogens is 405 g/mol. The molecule has 2 heterocycles. The summed E-state index contributed by atoms with van der Waals surface area (Å²) in [6, 6.07) is 12.3. The number of benzene rings is 2. The van der Waals surface area contributed by atoms with Gasteiger partial charge < -0.3 is 9.80 Å². The Balaban J connectivity index is 1.75. The molecule has 2 aromatic carbocycles. The largest absolute Gasteiger partial charge is 0.366 e. The summed E-state index contributed by atoms with van der Waals surface area (Å²) < 4.78 is 14.3. The third kappa shape index (κ3) is 4.07. The standard InChI is InChI=1S/C26H30FN3O2/c1-17-9-10-19(15-18(17)2)23-24(29(4)21-11-13-28(3)14-12-21)26(32)30(25(23)31)16-20-7-5-6-8-22(20)27/h5-10,15,21H,11-14,16H2,1-4H3. The van der Waals surface area contributed by atoms with Crippen LogP contribution in [-0.4, -0.2) is 59.7 Å². The quantitative estimate of drug-likeness (QED) is 0.671. The summed E-state index contributed by atoms with van der Waals surface area (Å²) >= 11 is 0. The molecule has 0 spiro atoms. The van der Waals surface area contributed by atoms with Crippen molar-refractivity contribution >= 4 is 17.4 Å². The molecule has 2 aliphatic rings. The third-order valence-electron chi connectivity index (χ3n) is 6.81. The second kappa shape index (κ2) is 8.87. The zero-order valence-corrected chi connectivity index (χ0v) is 19.2. The second-order valence-corrected chi connectivity index (χ2v) is 8.96. The zero-order valence-electron chi connectivity index (χ0n) is 19.2. The van der Waals surface area contributed by atoms with E-state index in [1.165, 1.54) is 11.0 Å². The van der Waals surface area contributed by atoms with E-state index in [2.05, 4.69) is 11.9 Å². The van der Waals surface area contributed by atoms with E-state index in [1.807, 2.05) is 44.0 Å². The molecule has 0 saturated carbocycles. The van der Waals surface area contributed by atoms with Crippen LogP contribution >= 0.6 is 0 Å². The Morgan fingerprint density at radius 1 is 1.00 bits per heavy atom. The second-order valence-electron chi connectivity index (χ2n) is 8.96. The number of nitrogens with zero attached hydrogens (tertiary/aromatic N) is 3. The molecular formula is C26H30FN3O2. The molecule has 0 N–H and O–H groups in total. The smallest absolute Gasteiger partial charge is 0.278 e. The molecule has 0 bridgehead atoms. The molecule has 0 unspecified atom stereocenters. The maximum atomic E-state index is 14.3. The van der Waals surface area contributed by atoms with Gasteiger partial charge in [0.05, 0.1) is 12.1 Å². The number of aryl methyl sites for hydroxylation is 2. The van der Waals surface area contributed by atoms with E-state index in [1.54, 1.807) is 18.2 Å². The lowest BCUT2D eigenvalue weighted by atomic mass is 9.97. The molecule has 0 aromatic heterocycles. The van der Waals surface area contributed by atoms with Crippen molar-refractivity contribution in [3.8, 4) is 0 Å². The van der Waals surface area contributed by atoms with E-state index in [0.717, 1.165) is 42.6 Å². The average Bonchev–Trinajstić information content (AvgIpc) is 3.02. The van der Waals surface area contributed by atoms with Crippen molar-refractivity contribution in [3.63, 3.8) is 0 Å². The van der Waals surface area contributed by atoms with Crippen molar-refractivity contribution < 1.29 is 14.0 Å². The molecule has 0 aliphatic carbocycles. The van der Waals surface area contributed by atoms with Gasteiger partial charge in [0.2, 0.25) is 0 Å². The topological polar surface area (TPSA) is 43.9 Å². The van der Waals surface area contributed by atoms with Crippen LogP contribution in [0.1, 0.15) is 35.1 Å². The number of halogens is 1. The Hall–Kier alpha value is -2.99. The van der Waals surface area contributed by atoms with Gasteiger partial charge >= 0.3 is 0 Å². The minimum absolute atomic E-state index is 0.0799. The number of hydrogen-bond acceptors (Lipinski definition) is 4. The van der Waals surface area contributed by atoms with Gasteiger partial charge in [-0.1, -0.05) is 36.4 Å². The van der Waals surface area contributed by atoms with Gasteiger partial charge in [-0.25, -0.2) is 4.39 Å². The lowest BCUT2D eigenvalue weighted by molar-refractivity contribution is -0.138. The fourth-order valence-corrected chi connectivity index (χ4v) is 4.55. The molecule has 5 nitrogen and oxygen atoms in total. The maximum absolute atomic E-state index is 14.3. The molecule has 0 atom stereocenters. The zero-order chi connectivity index (χ0) is 23.0. The minimum atomic E-state index is -0.419. The SMILES string of the molecule is Cc1ccc(C2=C(N(C)C3CCN(C)CC3)C(=O)N(Cc3ccccc3F)C2=O)cc1C. The lowest BCUT2D eigenvalue weighted by Gasteiger charge is -2.36. The van der Waals surface area contributed by atoms with Gasteiger partial charge in [-0.2, -0.15) is 0 Å². The van der Waals surface area contributed by atoms with Crippen molar-refractivity contribution in [2.75, 3.05) is 27.2 Å². The number of likely N-dealkylation sites (tertiary alicyclic amines) is 1. The molecule has 4 rings (SSSR count). The van der Waals surface area contributed by atoms with Gasteiger partial charge in [-0.3, -0.25) is 14.5 Å². The average molecular weight is 436 g/mol. The summed E-state index contributed by atoms with van der Waals surface area (Å²) in [6.45, 7) is 5.83. The van der Waals surface area contributed by atoms with Crippen LogP contribution in [0.2, 0.25) is 0 Å². The van der Waals surface area contributed by atoms with Gasteiger partial charge in [0.15, 0.2) is 0 Å². The van der Waals surface area contributed by atoms with Crippen LogP contribution in [0.25, 0.3) is 5.57 Å². The Morgan fingerprint density at radius 2 is 1.69 bits per heavy atom. The highest BCUT2D eigenvalue weighted by Gasteiger charge is 2.42. The van der Waals surface area contributed by atoms with Crippen molar-refractivity contribution in [2.45, 2.75) is 39.3 Å². The van der Waals surface area contributed by atoms with E-state index in [4.69, 9.17) is 0 Å². The molecule has 168 valence electrons. The number of amides is 2. The van der Waals surface area contributed by atoms with Crippen molar-refractivity contribution in [2.24, 2.45) is 0 Å². The number of imide groups is 1. The summed E-state index contributed by atoms with van der Waals surface area (Å²) in [4.78, 5) is 32.6. The predicted molar refractivity (Wildman–Crippen MR) is 123 cm³/mol. The minimum Gasteiger partial charge on any atom is -0.366 e. The number of likely N-dealkylation sites (N-methyl/N-ethyl adjacent to an activating group) is 1. The van der Waals surface area contributed by atoms with Crippen molar-refractivity contribution in [1.82, 2.24) is 14.7 Å². The molecule has 2 aromatic rings. The molecule has 2 amide bonds. The Labute approximate surface area is 189 Å². The number of carbonyl (C=O) groups is 2. The molecule has 1 saturated heterocycles. The number of hydrogen-bond donors (Lipinski definition) is 0. The molecule has 0 radical (unpaired) electrons. The van der Waals surface area contributed by atoms with Gasteiger partial charge in [-0.05, 0) is 69.6 Å². The Kier molecular flexibility index (Phi) is 6.15. The first-order valence-electron chi connectivity index (χ1n) is 11.1. The maximum Gasteiger partial charge on any atom is 0.278 e. The van der Waals surface area contributed by atoms with Crippen LogP contribution in [0.4, 0.5) is 4.39 Å². The van der Waals surface area contributed by atoms with Gasteiger partial charge in [0, 0.05) is 18.7 Å². The highest BCUT2D eigenvalue weighted by molar-refractivity contribution is 6.35. The number of rotatable bonds is 5. The van der Waals surface area contributed by atoms with E-state index < -0.39 is 5.82 Å². The highest BCUT2D eigenvalue weighted by atomic mass is 19.1. The molecule has 1 fully saturated rings. The van der Waals surface area contributed by atoms with Crippen molar-refractivity contribution in [3.05, 3.63) is 76.2 Å². The number of carbonyl (C=O) groups excluding carboxylic acids is 2. The van der Waals surface area contributed by atoms with Crippen molar-refractivity contribution in [1.29, 1.82) is 0 Å². The summed E-state index contributed by atoms with van der Waals surface area (Å²) in [7, 11) is 4.00. The van der Waals surface area contributed by atoms with Crippen LogP contribution in [0.5, 0.6) is 0 Å². The monoisotopic (exact) mass is 435 g/mol.